The van der Waals surface area contributed by atoms with Gasteiger partial charge in [0.25, 0.3) is 0 Å². The highest BCUT2D eigenvalue weighted by molar-refractivity contribution is 5.74. The first-order valence-electron chi connectivity index (χ1n) is 5.29. The molecule has 0 aliphatic rings. The number of azide groups is 1. The molecule has 0 amide bonds. The summed E-state index contributed by atoms with van der Waals surface area (Å²) < 4.78 is 0. The maximum absolute atomic E-state index is 8.11. The zero-order valence-electron chi connectivity index (χ0n) is 9.19. The lowest BCUT2D eigenvalue weighted by Gasteiger charge is -1.97. The van der Waals surface area contributed by atoms with Crippen LogP contribution in [0.2, 0.25) is 0 Å². The van der Waals surface area contributed by atoms with Crippen molar-refractivity contribution in [1.29, 1.82) is 0 Å². The van der Waals surface area contributed by atoms with Gasteiger partial charge < -0.3 is 0 Å². The van der Waals surface area contributed by atoms with Gasteiger partial charge in [0.05, 0.1) is 22.9 Å². The lowest BCUT2D eigenvalue weighted by Crippen LogP contribution is -1.86. The molecule has 2 aromatic rings. The third-order valence-corrected chi connectivity index (χ3v) is 2.21. The predicted octanol–water partition coefficient (Wildman–Crippen LogP) is 3.34. The Kier molecular flexibility index (Phi) is 3.68. The molecule has 0 atom stereocenters. The van der Waals surface area contributed by atoms with E-state index in [4.69, 9.17) is 5.53 Å². The Balaban J connectivity index is 2.11. The molecule has 0 spiro atoms. The third-order valence-electron chi connectivity index (χ3n) is 2.21. The minimum absolute atomic E-state index is 0.466. The Morgan fingerprint density at radius 1 is 1.29 bits per heavy atom. The molecule has 17 heavy (non-hydrogen) atoms. The molecule has 0 saturated carbocycles. The van der Waals surface area contributed by atoms with Gasteiger partial charge in [0.2, 0.25) is 0 Å². The van der Waals surface area contributed by atoms with E-state index in [-0.39, 0.29) is 0 Å². The molecule has 2 rings (SSSR count). The summed E-state index contributed by atoms with van der Waals surface area (Å²) in [5.41, 5.74) is 10.7. The molecule has 0 bridgehead atoms. The second-order valence-corrected chi connectivity index (χ2v) is 3.43. The first kappa shape index (κ1) is 11.1. The van der Waals surface area contributed by atoms with Gasteiger partial charge in [-0.15, -0.1) is 0 Å². The molecule has 5 nitrogen and oxygen atoms in total. The largest absolute Gasteiger partial charge is 0.252 e. The molecule has 0 fully saturated rings. The van der Waals surface area contributed by atoms with Gasteiger partial charge in [-0.1, -0.05) is 23.3 Å². The molecule has 0 N–H and O–H groups in total. The van der Waals surface area contributed by atoms with Gasteiger partial charge in [-0.3, -0.25) is 4.98 Å². The number of para-hydroxylation sites is 2. The van der Waals surface area contributed by atoms with Crippen LogP contribution < -0.4 is 0 Å². The summed E-state index contributed by atoms with van der Waals surface area (Å²) in [5.74, 6) is 0. The van der Waals surface area contributed by atoms with Crippen LogP contribution in [0.4, 0.5) is 0 Å². The monoisotopic (exact) mass is 225 g/mol. The summed E-state index contributed by atoms with van der Waals surface area (Å²) >= 11 is 0. The molecule has 5 heteroatoms. The van der Waals surface area contributed by atoms with Gasteiger partial charge in [-0.05, 0) is 30.2 Å². The summed E-state index contributed by atoms with van der Waals surface area (Å²) in [6.07, 6.45) is 6.24. The summed E-state index contributed by atoms with van der Waals surface area (Å²) in [6.45, 7) is 0.466. The maximum atomic E-state index is 8.11. The highest BCUT2D eigenvalue weighted by Gasteiger charge is 1.95. The maximum Gasteiger partial charge on any atom is 0.0894 e. The van der Waals surface area contributed by atoms with Crippen LogP contribution >= 0.6 is 0 Å². The summed E-state index contributed by atoms with van der Waals surface area (Å²) in [5, 5.41) is 3.45. The number of rotatable bonds is 4. The van der Waals surface area contributed by atoms with Crippen LogP contribution in [0.5, 0.6) is 0 Å². The predicted molar refractivity (Wildman–Crippen MR) is 67.2 cm³/mol. The smallest absolute Gasteiger partial charge is 0.0894 e. The molecule has 1 aromatic heterocycles. The zero-order chi connectivity index (χ0) is 11.9. The molecular formula is C12H11N5. The number of nitrogens with zero attached hydrogens (tertiary/aromatic N) is 5. The van der Waals surface area contributed by atoms with Crippen molar-refractivity contribution in [2.45, 2.75) is 6.42 Å². The van der Waals surface area contributed by atoms with Gasteiger partial charge >= 0.3 is 0 Å². The van der Waals surface area contributed by atoms with Crippen LogP contribution in [0.3, 0.4) is 0 Å². The van der Waals surface area contributed by atoms with E-state index in [0.29, 0.717) is 13.0 Å². The van der Waals surface area contributed by atoms with E-state index in [2.05, 4.69) is 20.0 Å². The Hall–Kier alpha value is -2.39. The van der Waals surface area contributed by atoms with Crippen molar-refractivity contribution in [3.8, 4) is 0 Å². The van der Waals surface area contributed by atoms with Crippen LogP contribution in [-0.2, 0) is 0 Å². The molecule has 0 aliphatic heterocycles. The van der Waals surface area contributed by atoms with Gasteiger partial charge in [0, 0.05) is 11.5 Å². The van der Waals surface area contributed by atoms with E-state index in [9.17, 15) is 0 Å². The van der Waals surface area contributed by atoms with Crippen molar-refractivity contribution in [3.63, 3.8) is 0 Å². The highest BCUT2D eigenvalue weighted by atomic mass is 15.1. The molecule has 0 saturated heterocycles. The first-order chi connectivity index (χ1) is 8.40. The minimum Gasteiger partial charge on any atom is -0.252 e. The topological polar surface area (TPSA) is 74.5 Å². The Morgan fingerprint density at radius 3 is 2.94 bits per heavy atom. The highest BCUT2D eigenvalue weighted by Crippen LogP contribution is 2.09. The van der Waals surface area contributed by atoms with Gasteiger partial charge in [-0.25, -0.2) is 4.98 Å². The molecule has 1 heterocycles. The molecule has 1 aromatic carbocycles. The van der Waals surface area contributed by atoms with E-state index in [1.165, 1.54) is 0 Å². The first-order valence-corrected chi connectivity index (χ1v) is 5.29. The van der Waals surface area contributed by atoms with Crippen LogP contribution in [0.25, 0.3) is 27.6 Å². The third kappa shape index (κ3) is 3.03. The fourth-order valence-corrected chi connectivity index (χ4v) is 1.43. The average molecular weight is 225 g/mol. The number of aromatic nitrogens is 2. The summed E-state index contributed by atoms with van der Waals surface area (Å²) in [4.78, 5) is 11.4. The second kappa shape index (κ2) is 5.63. The summed E-state index contributed by atoms with van der Waals surface area (Å²) in [6, 6.07) is 7.73. The Bertz CT molecular complexity index is 584. The lowest BCUT2D eigenvalue weighted by atomic mass is 10.3. The lowest BCUT2D eigenvalue weighted by molar-refractivity contribution is 0.995. The SMILES string of the molecule is [N-]=[N+]=NCCC=Cc1cnc2ccccc2n1. The quantitative estimate of drug-likeness (QED) is 0.346. The van der Waals surface area contributed by atoms with Crippen molar-refractivity contribution in [3.05, 3.63) is 52.7 Å². The van der Waals surface area contributed by atoms with Crippen LogP contribution in [0, 0.1) is 0 Å². The standard InChI is InChI=1S/C12H11N5/c13-17-15-8-4-3-5-10-9-14-11-6-1-2-7-12(11)16-10/h1-3,5-7,9H,4,8H2. The molecule has 0 radical (unpaired) electrons. The number of hydrogen-bond donors (Lipinski definition) is 0. The van der Waals surface area contributed by atoms with E-state index in [1.54, 1.807) is 6.20 Å². The van der Waals surface area contributed by atoms with Crippen LogP contribution in [0.15, 0.2) is 41.7 Å². The van der Waals surface area contributed by atoms with Crippen molar-refractivity contribution in [2.24, 2.45) is 5.11 Å². The normalized spacial score (nSPS) is 10.6. The van der Waals surface area contributed by atoms with Gasteiger partial charge in [0.15, 0.2) is 0 Å². The second-order valence-electron chi connectivity index (χ2n) is 3.43. The van der Waals surface area contributed by atoms with Crippen LogP contribution in [-0.4, -0.2) is 16.5 Å². The van der Waals surface area contributed by atoms with E-state index in [0.717, 1.165) is 16.7 Å². The minimum atomic E-state index is 0.466. The molecule has 0 unspecified atom stereocenters. The van der Waals surface area contributed by atoms with Crippen LogP contribution in [0.1, 0.15) is 12.1 Å². The Morgan fingerprint density at radius 2 is 2.12 bits per heavy atom. The van der Waals surface area contributed by atoms with Crippen molar-refractivity contribution < 1.29 is 0 Å². The van der Waals surface area contributed by atoms with Crippen molar-refractivity contribution in [2.75, 3.05) is 6.54 Å². The number of hydrogen-bond acceptors (Lipinski definition) is 3. The number of benzene rings is 1. The fraction of sp³-hybridized carbons (Fsp3) is 0.167. The number of fused-ring (bicyclic) bond motifs is 1. The summed E-state index contributed by atoms with van der Waals surface area (Å²) in [7, 11) is 0. The average Bonchev–Trinajstić information content (AvgIpc) is 2.38. The zero-order valence-corrected chi connectivity index (χ0v) is 9.19. The Labute approximate surface area is 98.5 Å². The van der Waals surface area contributed by atoms with Gasteiger partial charge in [-0.2, -0.15) is 0 Å². The van der Waals surface area contributed by atoms with Gasteiger partial charge in [0.1, 0.15) is 0 Å². The van der Waals surface area contributed by atoms with Crippen molar-refractivity contribution >= 4 is 17.1 Å². The fourth-order valence-electron chi connectivity index (χ4n) is 1.43. The molecule has 84 valence electrons. The molecule has 0 aliphatic carbocycles. The molecular weight excluding hydrogens is 214 g/mol. The van der Waals surface area contributed by atoms with E-state index < -0.39 is 0 Å². The van der Waals surface area contributed by atoms with E-state index >= 15 is 0 Å². The van der Waals surface area contributed by atoms with E-state index in [1.807, 2.05) is 36.4 Å². The van der Waals surface area contributed by atoms with Crippen molar-refractivity contribution in [1.82, 2.24) is 9.97 Å².